The number of hydrogen-bond donors (Lipinski definition) is 3. The van der Waals surface area contributed by atoms with E-state index in [4.69, 9.17) is 9.47 Å². The SMILES string of the molecule is COCC(=O)N[C@H]1CC[C@H](NC(=O)c2c(C)[nH]c3c(-c4cc(C(F)F)ccc4OCC4CC4)ncnc23)C[C@@H]1C. The fourth-order valence-electron chi connectivity index (χ4n) is 5.47. The third-order valence-corrected chi connectivity index (χ3v) is 7.81. The normalized spacial score (nSPS) is 21.0. The number of benzene rings is 1. The Balaban J connectivity index is 1.38. The van der Waals surface area contributed by atoms with Crippen LogP contribution >= 0.6 is 0 Å². The molecular weight excluding hydrogens is 520 g/mol. The van der Waals surface area contributed by atoms with Crippen LogP contribution in [-0.2, 0) is 9.53 Å². The number of rotatable bonds is 10. The van der Waals surface area contributed by atoms with Gasteiger partial charge in [-0.2, -0.15) is 0 Å². The first-order valence-corrected chi connectivity index (χ1v) is 13.7. The van der Waals surface area contributed by atoms with Gasteiger partial charge in [0.2, 0.25) is 5.91 Å². The van der Waals surface area contributed by atoms with Crippen LogP contribution in [0.25, 0.3) is 22.3 Å². The summed E-state index contributed by atoms with van der Waals surface area (Å²) >= 11 is 0. The lowest BCUT2D eigenvalue weighted by atomic mass is 9.82. The number of H-pyrrole nitrogens is 1. The van der Waals surface area contributed by atoms with Gasteiger partial charge in [0, 0.05) is 36.0 Å². The number of methoxy groups -OCH3 is 1. The molecule has 2 aromatic heterocycles. The molecule has 2 aliphatic rings. The molecule has 3 N–H and O–H groups in total. The lowest BCUT2D eigenvalue weighted by Gasteiger charge is -2.35. The van der Waals surface area contributed by atoms with Crippen molar-refractivity contribution in [2.45, 2.75) is 64.5 Å². The van der Waals surface area contributed by atoms with Gasteiger partial charge < -0.3 is 25.1 Å². The molecule has 40 heavy (non-hydrogen) atoms. The number of carbonyl (C=O) groups is 2. The van der Waals surface area contributed by atoms with Gasteiger partial charge in [-0.15, -0.1) is 0 Å². The van der Waals surface area contributed by atoms with Gasteiger partial charge in [-0.25, -0.2) is 18.7 Å². The smallest absolute Gasteiger partial charge is 0.263 e. The molecule has 2 heterocycles. The van der Waals surface area contributed by atoms with Crippen molar-refractivity contribution in [2.24, 2.45) is 11.8 Å². The van der Waals surface area contributed by atoms with E-state index < -0.39 is 6.43 Å². The van der Waals surface area contributed by atoms with Gasteiger partial charge in [0.05, 0.1) is 17.7 Å². The Morgan fingerprint density at radius 3 is 2.65 bits per heavy atom. The van der Waals surface area contributed by atoms with E-state index in [9.17, 15) is 18.4 Å². The van der Waals surface area contributed by atoms with Crippen LogP contribution in [0.3, 0.4) is 0 Å². The number of carbonyl (C=O) groups excluding carboxylic acids is 2. The number of fused-ring (bicyclic) bond motifs is 1. The van der Waals surface area contributed by atoms with Crippen molar-refractivity contribution in [3.8, 4) is 17.0 Å². The summed E-state index contributed by atoms with van der Waals surface area (Å²) in [6.45, 7) is 4.38. The highest BCUT2D eigenvalue weighted by molar-refractivity contribution is 6.09. The summed E-state index contributed by atoms with van der Waals surface area (Å²) in [7, 11) is 1.48. The zero-order valence-corrected chi connectivity index (χ0v) is 22.9. The first kappa shape index (κ1) is 27.9. The molecule has 2 saturated carbocycles. The van der Waals surface area contributed by atoms with Gasteiger partial charge in [-0.1, -0.05) is 6.92 Å². The monoisotopic (exact) mass is 555 g/mol. The molecule has 1 aromatic carbocycles. The molecule has 0 unspecified atom stereocenters. The topological polar surface area (TPSA) is 118 Å². The van der Waals surface area contributed by atoms with E-state index in [-0.39, 0.29) is 42.0 Å². The first-order valence-electron chi connectivity index (χ1n) is 13.7. The number of amides is 2. The average Bonchev–Trinajstić information content (AvgIpc) is 3.68. The number of ether oxygens (including phenoxy) is 2. The fraction of sp³-hybridized carbons (Fsp3) is 0.517. The van der Waals surface area contributed by atoms with Crippen LogP contribution in [-0.4, -0.2) is 59.2 Å². The van der Waals surface area contributed by atoms with Gasteiger partial charge >= 0.3 is 0 Å². The number of aryl methyl sites for hydroxylation is 1. The molecule has 0 bridgehead atoms. The van der Waals surface area contributed by atoms with Crippen LogP contribution in [0.4, 0.5) is 8.78 Å². The standard InChI is InChI=1S/C29H35F2N5O4/c1-15-10-19(7-8-21(15)36-23(37)13-39-3)35-29(38)24-16(2)34-27-25(32-14-33-26(24)27)20-11-18(28(30)31)6-9-22(20)40-12-17-4-5-17/h6,9,11,14-15,17,19,21,28,34H,4-5,7-8,10,12-13H2,1-3H3,(H,35,38)(H,36,37)/t15-,19-,21-/m0/s1. The summed E-state index contributed by atoms with van der Waals surface area (Å²) in [5.41, 5.74) is 2.61. The molecule has 3 atom stereocenters. The minimum Gasteiger partial charge on any atom is -0.493 e. The van der Waals surface area contributed by atoms with Crippen molar-refractivity contribution in [3.63, 3.8) is 0 Å². The van der Waals surface area contributed by atoms with Crippen LogP contribution in [0.15, 0.2) is 24.5 Å². The zero-order valence-electron chi connectivity index (χ0n) is 22.9. The molecule has 0 radical (unpaired) electrons. The highest BCUT2D eigenvalue weighted by Crippen LogP contribution is 2.38. The van der Waals surface area contributed by atoms with Crippen molar-refractivity contribution in [3.05, 3.63) is 41.3 Å². The Morgan fingerprint density at radius 1 is 1.15 bits per heavy atom. The molecule has 2 amide bonds. The van der Waals surface area contributed by atoms with Crippen molar-refractivity contribution in [1.82, 2.24) is 25.6 Å². The van der Waals surface area contributed by atoms with E-state index in [2.05, 4.69) is 32.5 Å². The van der Waals surface area contributed by atoms with E-state index in [0.29, 0.717) is 58.2 Å². The molecule has 11 heteroatoms. The summed E-state index contributed by atoms with van der Waals surface area (Å²) in [5.74, 6) is 0.716. The van der Waals surface area contributed by atoms with Crippen LogP contribution in [0.2, 0.25) is 0 Å². The third kappa shape index (κ3) is 6.09. The largest absolute Gasteiger partial charge is 0.493 e. The van der Waals surface area contributed by atoms with E-state index in [1.54, 1.807) is 13.0 Å². The maximum atomic E-state index is 13.6. The minimum atomic E-state index is -2.65. The summed E-state index contributed by atoms with van der Waals surface area (Å²) in [6, 6.07) is 4.30. The first-order chi connectivity index (χ1) is 19.2. The molecular formula is C29H35F2N5O4. The van der Waals surface area contributed by atoms with Gasteiger partial charge in [-0.3, -0.25) is 9.59 Å². The van der Waals surface area contributed by atoms with Crippen molar-refractivity contribution in [2.75, 3.05) is 20.3 Å². The lowest BCUT2D eigenvalue weighted by Crippen LogP contribution is -2.48. The average molecular weight is 556 g/mol. The Hall–Kier alpha value is -3.60. The van der Waals surface area contributed by atoms with Crippen molar-refractivity contribution in [1.29, 1.82) is 0 Å². The van der Waals surface area contributed by atoms with Crippen LogP contribution in [0, 0.1) is 18.8 Å². The third-order valence-electron chi connectivity index (χ3n) is 7.81. The van der Waals surface area contributed by atoms with Gasteiger partial charge in [0.1, 0.15) is 29.9 Å². The summed E-state index contributed by atoms with van der Waals surface area (Å²) in [5, 5.41) is 6.14. The molecule has 0 aliphatic heterocycles. The fourth-order valence-corrected chi connectivity index (χ4v) is 5.47. The van der Waals surface area contributed by atoms with Gasteiger partial charge in [-0.05, 0) is 69.1 Å². The quantitative estimate of drug-likeness (QED) is 0.334. The maximum Gasteiger partial charge on any atom is 0.263 e. The van der Waals surface area contributed by atoms with Gasteiger partial charge in [0.15, 0.2) is 0 Å². The Labute approximate surface area is 231 Å². The Morgan fingerprint density at radius 2 is 1.95 bits per heavy atom. The summed E-state index contributed by atoms with van der Waals surface area (Å²) < 4.78 is 38.1. The highest BCUT2D eigenvalue weighted by atomic mass is 19.3. The molecule has 3 aromatic rings. The van der Waals surface area contributed by atoms with Crippen LogP contribution in [0.5, 0.6) is 5.75 Å². The van der Waals surface area contributed by atoms with Gasteiger partial charge in [0.25, 0.3) is 12.3 Å². The number of aromatic amines is 1. The summed E-state index contributed by atoms with van der Waals surface area (Å²) in [6.07, 6.45) is 3.07. The lowest BCUT2D eigenvalue weighted by molar-refractivity contribution is -0.126. The van der Waals surface area contributed by atoms with Crippen LogP contribution < -0.4 is 15.4 Å². The second-order valence-electron chi connectivity index (χ2n) is 10.9. The zero-order chi connectivity index (χ0) is 28.4. The highest BCUT2D eigenvalue weighted by Gasteiger charge is 2.31. The van der Waals surface area contributed by atoms with Crippen molar-refractivity contribution < 1.29 is 27.8 Å². The second-order valence-corrected chi connectivity index (χ2v) is 10.9. The molecule has 214 valence electrons. The molecule has 5 rings (SSSR count). The van der Waals surface area contributed by atoms with E-state index in [0.717, 1.165) is 25.7 Å². The molecule has 2 aliphatic carbocycles. The Bertz CT molecular complexity index is 1390. The molecule has 0 saturated heterocycles. The Kier molecular flexibility index (Phi) is 8.30. The van der Waals surface area contributed by atoms with E-state index >= 15 is 0 Å². The van der Waals surface area contributed by atoms with E-state index in [1.165, 1.54) is 25.6 Å². The molecule has 2 fully saturated rings. The van der Waals surface area contributed by atoms with E-state index in [1.807, 2.05) is 0 Å². The number of hydrogen-bond acceptors (Lipinski definition) is 6. The minimum absolute atomic E-state index is 0.0215. The summed E-state index contributed by atoms with van der Waals surface area (Å²) in [4.78, 5) is 37.5. The number of alkyl halides is 2. The number of halogens is 2. The number of nitrogens with zero attached hydrogens (tertiary/aromatic N) is 2. The predicted octanol–water partition coefficient (Wildman–Crippen LogP) is 4.71. The number of nitrogens with one attached hydrogen (secondary N) is 3. The van der Waals surface area contributed by atoms with Crippen molar-refractivity contribution >= 4 is 22.8 Å². The predicted molar refractivity (Wildman–Crippen MR) is 145 cm³/mol. The number of aromatic nitrogens is 3. The maximum absolute atomic E-state index is 13.6. The van der Waals surface area contributed by atoms with Crippen LogP contribution in [0.1, 0.15) is 67.1 Å². The second kappa shape index (κ2) is 11.9. The molecule has 0 spiro atoms. The molecule has 9 nitrogen and oxygen atoms in total.